The number of hydrogen-bond acceptors (Lipinski definition) is 4. The van der Waals surface area contributed by atoms with Crippen LogP contribution < -0.4 is 5.32 Å². The van der Waals surface area contributed by atoms with Gasteiger partial charge in [0.1, 0.15) is 0 Å². The molecule has 0 spiro atoms. The predicted octanol–water partition coefficient (Wildman–Crippen LogP) is 4.11. The molecule has 0 aliphatic heterocycles. The fourth-order valence-electron chi connectivity index (χ4n) is 3.00. The van der Waals surface area contributed by atoms with Crippen LogP contribution in [0.2, 0.25) is 0 Å². The second-order valence-electron chi connectivity index (χ2n) is 6.39. The van der Waals surface area contributed by atoms with Gasteiger partial charge in [-0.15, -0.1) is 0 Å². The first-order valence-corrected chi connectivity index (χ1v) is 8.50. The van der Waals surface area contributed by atoms with Crippen LogP contribution in [-0.2, 0) is 4.74 Å². The van der Waals surface area contributed by atoms with Crippen LogP contribution in [0.1, 0.15) is 57.1 Å². The third-order valence-electron chi connectivity index (χ3n) is 4.31. The predicted molar refractivity (Wildman–Crippen MR) is 99.6 cm³/mol. The molecule has 5 heteroatoms. The Morgan fingerprint density at radius 1 is 1.20 bits per heavy atom. The number of aromatic amines is 1. The third-order valence-corrected chi connectivity index (χ3v) is 4.31. The van der Waals surface area contributed by atoms with Gasteiger partial charge in [-0.2, -0.15) is 0 Å². The number of hydrogen-bond donors (Lipinski definition) is 2. The molecule has 1 aromatic heterocycles. The van der Waals surface area contributed by atoms with E-state index in [0.717, 1.165) is 11.3 Å². The summed E-state index contributed by atoms with van der Waals surface area (Å²) in [5.41, 5.74) is 5.38. The normalized spacial score (nSPS) is 11.9. The molecule has 0 bridgehead atoms. The molecular weight excluding hydrogens is 316 g/mol. The summed E-state index contributed by atoms with van der Waals surface area (Å²) in [6.07, 6.45) is 0. The van der Waals surface area contributed by atoms with Crippen molar-refractivity contribution in [2.24, 2.45) is 0 Å². The molecule has 134 valence electrons. The summed E-state index contributed by atoms with van der Waals surface area (Å²) >= 11 is 0. The minimum absolute atomic E-state index is 0.0869. The fraction of sp³-hybridized carbons (Fsp3) is 0.400. The summed E-state index contributed by atoms with van der Waals surface area (Å²) < 4.78 is 5.08. The van der Waals surface area contributed by atoms with E-state index in [2.05, 4.69) is 16.4 Å². The van der Waals surface area contributed by atoms with Crippen LogP contribution in [-0.4, -0.2) is 29.4 Å². The summed E-state index contributed by atoms with van der Waals surface area (Å²) in [5.74, 6) is -0.487. The van der Waals surface area contributed by atoms with Gasteiger partial charge in [-0.25, -0.2) is 4.79 Å². The van der Waals surface area contributed by atoms with Gasteiger partial charge in [0, 0.05) is 11.4 Å². The van der Waals surface area contributed by atoms with Crippen molar-refractivity contribution in [1.29, 1.82) is 0 Å². The Balaban J connectivity index is 2.25. The first kappa shape index (κ1) is 18.8. The van der Waals surface area contributed by atoms with Crippen molar-refractivity contribution in [2.75, 3.05) is 11.9 Å². The molecule has 2 rings (SSSR count). The van der Waals surface area contributed by atoms with Crippen LogP contribution in [0, 0.1) is 27.7 Å². The number of aryl methyl sites for hydroxylation is 3. The van der Waals surface area contributed by atoms with Crippen molar-refractivity contribution < 1.29 is 14.3 Å². The Kier molecular flexibility index (Phi) is 5.67. The van der Waals surface area contributed by atoms with Crippen molar-refractivity contribution in [3.63, 3.8) is 0 Å². The second-order valence-corrected chi connectivity index (χ2v) is 6.39. The molecular formula is C20H26N2O3. The Morgan fingerprint density at radius 3 is 2.48 bits per heavy atom. The minimum Gasteiger partial charge on any atom is -0.462 e. The van der Waals surface area contributed by atoms with Gasteiger partial charge in [0.05, 0.1) is 23.9 Å². The van der Waals surface area contributed by atoms with E-state index in [1.165, 1.54) is 5.56 Å². The Hall–Kier alpha value is -2.56. The summed E-state index contributed by atoms with van der Waals surface area (Å²) in [6, 6.07) is 5.64. The van der Waals surface area contributed by atoms with Gasteiger partial charge >= 0.3 is 5.97 Å². The molecule has 25 heavy (non-hydrogen) atoms. The van der Waals surface area contributed by atoms with E-state index in [1.807, 2.05) is 32.9 Å². The second kappa shape index (κ2) is 7.55. The lowest BCUT2D eigenvalue weighted by atomic mass is 10.0. The number of Topliss-reactive ketones (excluding diaryl/α,β-unsaturated/α-hetero) is 1. The third kappa shape index (κ3) is 3.92. The number of carbonyl (C=O) groups excluding carboxylic acids is 2. The highest BCUT2D eigenvalue weighted by molar-refractivity contribution is 6.04. The highest BCUT2D eigenvalue weighted by atomic mass is 16.5. The molecule has 0 aliphatic carbocycles. The largest absolute Gasteiger partial charge is 0.462 e. The number of ether oxygens (including phenoxy) is 1. The Morgan fingerprint density at radius 2 is 1.88 bits per heavy atom. The minimum atomic E-state index is -0.423. The van der Waals surface area contributed by atoms with E-state index in [9.17, 15) is 9.59 Å². The molecule has 0 saturated heterocycles. The molecule has 2 aromatic rings. The Bertz CT molecular complexity index is 806. The average molecular weight is 342 g/mol. The number of rotatable bonds is 6. The van der Waals surface area contributed by atoms with E-state index >= 15 is 0 Å². The first-order chi connectivity index (χ1) is 11.8. The first-order valence-electron chi connectivity index (χ1n) is 8.50. The van der Waals surface area contributed by atoms with E-state index in [-0.39, 0.29) is 5.78 Å². The summed E-state index contributed by atoms with van der Waals surface area (Å²) in [4.78, 5) is 28.0. The zero-order chi connectivity index (χ0) is 18.7. The van der Waals surface area contributed by atoms with Gasteiger partial charge in [-0.05, 0) is 58.7 Å². The highest BCUT2D eigenvalue weighted by Crippen LogP contribution is 2.22. The van der Waals surface area contributed by atoms with Gasteiger partial charge in [0.25, 0.3) is 0 Å². The quantitative estimate of drug-likeness (QED) is 0.612. The maximum Gasteiger partial charge on any atom is 0.340 e. The van der Waals surface area contributed by atoms with Gasteiger partial charge in [-0.3, -0.25) is 4.79 Å². The molecule has 1 heterocycles. The maximum atomic E-state index is 12.8. The van der Waals surface area contributed by atoms with Gasteiger partial charge in [0.15, 0.2) is 0 Å². The van der Waals surface area contributed by atoms with Crippen LogP contribution in [0.5, 0.6) is 0 Å². The number of aromatic nitrogens is 1. The summed E-state index contributed by atoms with van der Waals surface area (Å²) in [6.45, 7) is 11.5. The zero-order valence-corrected chi connectivity index (χ0v) is 15.7. The van der Waals surface area contributed by atoms with E-state index in [0.29, 0.717) is 29.1 Å². The lowest BCUT2D eigenvalue weighted by molar-refractivity contribution is 0.0525. The lowest BCUT2D eigenvalue weighted by Gasteiger charge is -2.16. The average Bonchev–Trinajstić information content (AvgIpc) is 2.84. The number of carbonyl (C=O) groups is 2. The topological polar surface area (TPSA) is 71.2 Å². The molecule has 2 N–H and O–H groups in total. The summed E-state index contributed by atoms with van der Waals surface area (Å²) in [5, 5.41) is 3.26. The van der Waals surface area contributed by atoms with Crippen LogP contribution in [0.15, 0.2) is 18.2 Å². The molecule has 5 nitrogen and oxygen atoms in total. The van der Waals surface area contributed by atoms with Crippen LogP contribution in [0.3, 0.4) is 0 Å². The van der Waals surface area contributed by atoms with Gasteiger partial charge in [-0.1, -0.05) is 17.7 Å². The zero-order valence-electron chi connectivity index (χ0n) is 15.7. The Labute approximate surface area is 148 Å². The van der Waals surface area contributed by atoms with Crippen molar-refractivity contribution in [1.82, 2.24) is 4.98 Å². The van der Waals surface area contributed by atoms with E-state index < -0.39 is 12.0 Å². The van der Waals surface area contributed by atoms with Crippen molar-refractivity contribution in [3.8, 4) is 0 Å². The molecule has 0 saturated carbocycles. The van der Waals surface area contributed by atoms with E-state index in [4.69, 9.17) is 4.74 Å². The van der Waals surface area contributed by atoms with Crippen LogP contribution in [0.4, 0.5) is 5.69 Å². The van der Waals surface area contributed by atoms with Crippen molar-refractivity contribution >= 4 is 17.4 Å². The van der Waals surface area contributed by atoms with Crippen molar-refractivity contribution in [2.45, 2.75) is 47.6 Å². The van der Waals surface area contributed by atoms with Gasteiger partial charge in [0.2, 0.25) is 5.78 Å². The molecule has 0 radical (unpaired) electrons. The number of anilines is 1. The number of benzene rings is 1. The number of ketones is 1. The lowest BCUT2D eigenvalue weighted by Crippen LogP contribution is -2.27. The maximum absolute atomic E-state index is 12.8. The molecule has 1 atom stereocenters. The van der Waals surface area contributed by atoms with Crippen LogP contribution in [0.25, 0.3) is 0 Å². The van der Waals surface area contributed by atoms with Gasteiger partial charge < -0.3 is 15.0 Å². The van der Waals surface area contributed by atoms with E-state index in [1.54, 1.807) is 20.8 Å². The standard InChI is InChI=1S/C20H26N2O3/c1-7-25-20(24)17-13(4)18(22-14(17)5)19(23)15(6)21-16-9-8-11(2)10-12(16)3/h8-10,15,21-22H,7H2,1-6H3/t15-/m1/s1. The van der Waals surface area contributed by atoms with Crippen molar-refractivity contribution in [3.05, 3.63) is 51.8 Å². The SMILES string of the molecule is CCOC(=O)c1c(C)[nH]c(C(=O)[C@@H](C)Nc2ccc(C)cc2C)c1C. The highest BCUT2D eigenvalue weighted by Gasteiger charge is 2.25. The molecule has 0 fully saturated rings. The number of nitrogens with one attached hydrogen (secondary N) is 2. The molecule has 0 unspecified atom stereocenters. The van der Waals surface area contributed by atoms with Crippen LogP contribution >= 0.6 is 0 Å². The molecule has 0 aliphatic rings. The fourth-order valence-corrected chi connectivity index (χ4v) is 3.00. The molecule has 1 aromatic carbocycles. The number of H-pyrrole nitrogens is 1. The summed E-state index contributed by atoms with van der Waals surface area (Å²) in [7, 11) is 0. The number of esters is 1. The molecule has 0 amide bonds. The monoisotopic (exact) mass is 342 g/mol. The smallest absolute Gasteiger partial charge is 0.340 e.